The molecule has 1 saturated carbocycles. The minimum Gasteiger partial charge on any atom is -0.423 e. The molecule has 1 fully saturated rings. The van der Waals surface area contributed by atoms with Gasteiger partial charge in [0.15, 0.2) is 11.6 Å². The molecule has 0 aliphatic heterocycles. The van der Waals surface area contributed by atoms with E-state index in [4.69, 9.17) is 10.00 Å². The quantitative estimate of drug-likeness (QED) is 0.152. The number of hydrogen-bond acceptors (Lipinski definition) is 5. The van der Waals surface area contributed by atoms with Gasteiger partial charge in [0.05, 0.1) is 17.6 Å². The lowest BCUT2D eigenvalue weighted by Gasteiger charge is -2.26. The van der Waals surface area contributed by atoms with Gasteiger partial charge in [-0.05, 0) is 62.3 Å². The minimum atomic E-state index is -0.692. The number of aromatic nitrogens is 2. The first-order valence-corrected chi connectivity index (χ1v) is 13.8. The lowest BCUT2D eigenvalue weighted by atomic mass is 9.81. The summed E-state index contributed by atoms with van der Waals surface area (Å²) in [5.41, 5.74) is 1.39. The van der Waals surface area contributed by atoms with E-state index in [0.29, 0.717) is 12.8 Å². The molecule has 0 bridgehead atoms. The average Bonchev–Trinajstić information content (AvgIpc) is 2.91. The Kier molecular flexibility index (Phi) is 11.8. The van der Waals surface area contributed by atoms with Gasteiger partial charge in [0.1, 0.15) is 5.82 Å². The SMILES string of the molecule is CCCCCCCCCCCCc1cnc(C2CCC(C(=O)Oc3ccc(C#N)cc3F)CC2)nc1. The Morgan fingerprint density at radius 3 is 2.17 bits per heavy atom. The van der Waals surface area contributed by atoms with Gasteiger partial charge in [-0.3, -0.25) is 4.79 Å². The van der Waals surface area contributed by atoms with Crippen LogP contribution in [0.1, 0.15) is 120 Å². The number of benzene rings is 1. The third-order valence-electron chi connectivity index (χ3n) is 7.24. The van der Waals surface area contributed by atoms with Crippen LogP contribution in [0.25, 0.3) is 0 Å². The van der Waals surface area contributed by atoms with Crippen molar-refractivity contribution in [3.05, 3.63) is 53.4 Å². The molecule has 36 heavy (non-hydrogen) atoms. The van der Waals surface area contributed by atoms with Crippen molar-refractivity contribution in [2.24, 2.45) is 5.92 Å². The van der Waals surface area contributed by atoms with Gasteiger partial charge in [0.2, 0.25) is 0 Å². The maximum absolute atomic E-state index is 14.0. The topological polar surface area (TPSA) is 75.9 Å². The van der Waals surface area contributed by atoms with Crippen LogP contribution in [0.15, 0.2) is 30.6 Å². The number of esters is 1. The Morgan fingerprint density at radius 1 is 0.972 bits per heavy atom. The summed E-state index contributed by atoms with van der Waals surface area (Å²) in [6.45, 7) is 2.26. The van der Waals surface area contributed by atoms with Crippen molar-refractivity contribution in [1.82, 2.24) is 9.97 Å². The molecule has 1 heterocycles. The molecular formula is C30H40FN3O2. The number of nitriles is 1. The van der Waals surface area contributed by atoms with Crippen LogP contribution < -0.4 is 4.74 Å². The lowest BCUT2D eigenvalue weighted by molar-refractivity contribution is -0.140. The van der Waals surface area contributed by atoms with Crippen molar-refractivity contribution in [2.75, 3.05) is 0 Å². The highest BCUT2D eigenvalue weighted by molar-refractivity contribution is 5.75. The first kappa shape index (κ1) is 27.8. The summed E-state index contributed by atoms with van der Waals surface area (Å²) >= 11 is 0. The third-order valence-corrected chi connectivity index (χ3v) is 7.24. The van der Waals surface area contributed by atoms with E-state index in [1.165, 1.54) is 81.9 Å². The summed E-state index contributed by atoms with van der Waals surface area (Å²) in [4.78, 5) is 21.8. The number of hydrogen-bond donors (Lipinski definition) is 0. The van der Waals surface area contributed by atoms with E-state index >= 15 is 0 Å². The molecule has 194 valence electrons. The maximum Gasteiger partial charge on any atom is 0.314 e. The Morgan fingerprint density at radius 2 is 1.58 bits per heavy atom. The molecule has 5 nitrogen and oxygen atoms in total. The number of nitrogens with zero attached hydrogens (tertiary/aromatic N) is 3. The van der Waals surface area contributed by atoms with E-state index in [-0.39, 0.29) is 23.1 Å². The number of rotatable bonds is 14. The van der Waals surface area contributed by atoms with Crippen LogP contribution in [0.4, 0.5) is 4.39 Å². The lowest BCUT2D eigenvalue weighted by Crippen LogP contribution is -2.26. The number of halogens is 1. The highest BCUT2D eigenvalue weighted by Gasteiger charge is 2.30. The molecule has 1 aromatic heterocycles. The van der Waals surface area contributed by atoms with Crippen molar-refractivity contribution in [2.45, 2.75) is 109 Å². The summed E-state index contributed by atoms with van der Waals surface area (Å²) in [7, 11) is 0. The summed E-state index contributed by atoms with van der Waals surface area (Å²) in [6, 6.07) is 5.73. The van der Waals surface area contributed by atoms with E-state index in [0.717, 1.165) is 31.2 Å². The van der Waals surface area contributed by atoms with Crippen molar-refractivity contribution >= 4 is 5.97 Å². The van der Waals surface area contributed by atoms with Crippen LogP contribution in [-0.4, -0.2) is 15.9 Å². The minimum absolute atomic E-state index is 0.123. The Labute approximate surface area is 215 Å². The zero-order valence-electron chi connectivity index (χ0n) is 21.7. The van der Waals surface area contributed by atoms with Crippen LogP contribution in [0.3, 0.4) is 0 Å². The first-order chi connectivity index (χ1) is 17.6. The third kappa shape index (κ3) is 9.00. The highest BCUT2D eigenvalue weighted by Crippen LogP contribution is 2.35. The van der Waals surface area contributed by atoms with E-state index in [1.807, 2.05) is 18.5 Å². The number of unbranched alkanes of at least 4 members (excludes halogenated alkanes) is 9. The van der Waals surface area contributed by atoms with Gasteiger partial charge in [-0.15, -0.1) is 0 Å². The van der Waals surface area contributed by atoms with E-state index < -0.39 is 11.8 Å². The van der Waals surface area contributed by atoms with Crippen molar-refractivity contribution in [3.8, 4) is 11.8 Å². The molecule has 1 aliphatic carbocycles. The van der Waals surface area contributed by atoms with Crippen LogP contribution in [0.2, 0.25) is 0 Å². The van der Waals surface area contributed by atoms with Gasteiger partial charge in [-0.25, -0.2) is 14.4 Å². The van der Waals surface area contributed by atoms with Gasteiger partial charge < -0.3 is 4.74 Å². The molecule has 6 heteroatoms. The smallest absolute Gasteiger partial charge is 0.314 e. The van der Waals surface area contributed by atoms with Gasteiger partial charge in [-0.2, -0.15) is 5.26 Å². The zero-order chi connectivity index (χ0) is 25.6. The molecule has 2 aromatic rings. The molecule has 1 aliphatic rings. The van der Waals surface area contributed by atoms with Crippen molar-refractivity contribution in [3.63, 3.8) is 0 Å². The monoisotopic (exact) mass is 493 g/mol. The largest absolute Gasteiger partial charge is 0.423 e. The fraction of sp³-hybridized carbons (Fsp3) is 0.600. The predicted molar refractivity (Wildman–Crippen MR) is 139 cm³/mol. The molecule has 0 atom stereocenters. The van der Waals surface area contributed by atoms with Gasteiger partial charge in [0.25, 0.3) is 0 Å². The van der Waals surface area contributed by atoms with E-state index in [9.17, 15) is 9.18 Å². The van der Waals surface area contributed by atoms with Crippen molar-refractivity contribution < 1.29 is 13.9 Å². The van der Waals surface area contributed by atoms with E-state index in [2.05, 4.69) is 16.9 Å². The molecule has 0 radical (unpaired) electrons. The van der Waals surface area contributed by atoms with Crippen LogP contribution >= 0.6 is 0 Å². The Balaban J connectivity index is 1.32. The zero-order valence-corrected chi connectivity index (χ0v) is 21.7. The maximum atomic E-state index is 14.0. The van der Waals surface area contributed by atoms with Gasteiger partial charge >= 0.3 is 5.97 Å². The number of carbonyl (C=O) groups excluding carboxylic acids is 1. The Hall–Kier alpha value is -2.81. The molecule has 3 rings (SSSR count). The van der Waals surface area contributed by atoms with Crippen LogP contribution in [-0.2, 0) is 11.2 Å². The molecular weight excluding hydrogens is 453 g/mol. The Bertz CT molecular complexity index is 979. The molecule has 0 unspecified atom stereocenters. The second-order valence-corrected chi connectivity index (χ2v) is 10.1. The normalized spacial score (nSPS) is 17.5. The van der Waals surface area contributed by atoms with Gasteiger partial charge in [-0.1, -0.05) is 64.7 Å². The molecule has 1 aromatic carbocycles. The number of ether oxygens (including phenoxy) is 1. The molecule has 0 N–H and O–H groups in total. The number of aryl methyl sites for hydroxylation is 1. The fourth-order valence-electron chi connectivity index (χ4n) is 4.95. The first-order valence-electron chi connectivity index (χ1n) is 13.8. The summed E-state index contributed by atoms with van der Waals surface area (Å²) in [6.07, 6.45) is 21.3. The van der Waals surface area contributed by atoms with E-state index in [1.54, 1.807) is 0 Å². The summed E-state index contributed by atoms with van der Waals surface area (Å²) in [5.74, 6) is -0.389. The second kappa shape index (κ2) is 15.3. The molecule has 0 saturated heterocycles. The van der Waals surface area contributed by atoms with Crippen LogP contribution in [0.5, 0.6) is 5.75 Å². The highest BCUT2D eigenvalue weighted by atomic mass is 19.1. The van der Waals surface area contributed by atoms with Gasteiger partial charge in [0, 0.05) is 18.3 Å². The summed E-state index contributed by atoms with van der Waals surface area (Å²) < 4.78 is 19.3. The van der Waals surface area contributed by atoms with Crippen molar-refractivity contribution in [1.29, 1.82) is 5.26 Å². The molecule has 0 amide bonds. The molecule has 0 spiro atoms. The predicted octanol–water partition coefficient (Wildman–Crippen LogP) is 7.83. The average molecular weight is 494 g/mol. The number of carbonyl (C=O) groups is 1. The standard InChI is InChI=1S/C30H40FN3O2/c1-2-3-4-5-6-7-8-9-10-11-12-24-21-33-29(34-22-24)25-14-16-26(17-15-25)30(35)36-28-18-13-23(20-32)19-27(28)31/h13,18-19,21-22,25-26H,2-12,14-17H2,1H3. The summed E-state index contributed by atoms with van der Waals surface area (Å²) in [5, 5.41) is 8.84. The second-order valence-electron chi connectivity index (χ2n) is 10.1. The van der Waals surface area contributed by atoms with Crippen LogP contribution in [0, 0.1) is 23.1 Å². The fourth-order valence-corrected chi connectivity index (χ4v) is 4.95.